The molecule has 3 aliphatic heterocycles. The van der Waals surface area contributed by atoms with Gasteiger partial charge in [-0.25, -0.2) is 9.78 Å². The fourth-order valence-electron chi connectivity index (χ4n) is 9.26. The number of unbranched alkanes of at least 4 members (excludes halogenated alkanes) is 2. The fraction of sp³-hybridized carbons (Fsp3) is 0.816. The van der Waals surface area contributed by atoms with Crippen LogP contribution in [0.25, 0.3) is 0 Å². The molecule has 0 radical (unpaired) electrons. The minimum Gasteiger partial charge on any atom is -0.473 e. The molecular formula is C38H60N6O7. The van der Waals surface area contributed by atoms with Gasteiger partial charge in [-0.2, -0.15) is 4.98 Å². The summed E-state index contributed by atoms with van der Waals surface area (Å²) in [5, 5.41) is 14.4. The molecule has 1 aromatic rings. The molecule has 1 amide bonds. The third kappa shape index (κ3) is 7.85. The number of ketones is 1. The Labute approximate surface area is 303 Å². The van der Waals surface area contributed by atoms with Gasteiger partial charge in [0.05, 0.1) is 24.5 Å². The zero-order chi connectivity index (χ0) is 36.2. The zero-order valence-corrected chi connectivity index (χ0v) is 31.5. The third-order valence-electron chi connectivity index (χ3n) is 12.1. The second kappa shape index (κ2) is 15.9. The maximum atomic E-state index is 14.7. The Balaban J connectivity index is 1.24. The number of likely N-dealkylation sites (N-methyl/N-ethyl adjacent to an activating group) is 1. The predicted molar refractivity (Wildman–Crippen MR) is 192 cm³/mol. The van der Waals surface area contributed by atoms with E-state index in [1.807, 2.05) is 19.9 Å². The molecule has 4 heterocycles. The van der Waals surface area contributed by atoms with Crippen molar-refractivity contribution in [3.63, 3.8) is 0 Å². The van der Waals surface area contributed by atoms with Gasteiger partial charge >= 0.3 is 6.09 Å². The average molecular weight is 713 g/mol. The first-order chi connectivity index (χ1) is 24.5. The summed E-state index contributed by atoms with van der Waals surface area (Å²) in [4.78, 5) is 43.7. The van der Waals surface area contributed by atoms with E-state index in [1.54, 1.807) is 4.90 Å². The number of likely N-dealkylation sites (tertiary alicyclic amines) is 1. The third-order valence-corrected chi connectivity index (χ3v) is 12.1. The molecule has 13 nitrogen and oxygen atoms in total. The number of oxime groups is 1. The molecule has 1 aromatic heterocycles. The Bertz CT molecular complexity index is 1400. The number of fused-ring (bicyclic) bond motifs is 1. The number of hydrogen-bond donors (Lipinski definition) is 1. The number of anilines is 1. The van der Waals surface area contributed by atoms with Gasteiger partial charge in [0.15, 0.2) is 17.4 Å². The van der Waals surface area contributed by atoms with Gasteiger partial charge in [0.1, 0.15) is 23.2 Å². The number of amides is 1. The Morgan fingerprint density at radius 2 is 1.76 bits per heavy atom. The van der Waals surface area contributed by atoms with Gasteiger partial charge in [0.25, 0.3) is 0 Å². The summed E-state index contributed by atoms with van der Waals surface area (Å²) in [6, 6.07) is 2.07. The van der Waals surface area contributed by atoms with E-state index in [-0.39, 0.29) is 35.6 Å². The Kier molecular flexibility index (Phi) is 11.8. The van der Waals surface area contributed by atoms with Crippen molar-refractivity contribution in [3.05, 3.63) is 11.9 Å². The summed E-state index contributed by atoms with van der Waals surface area (Å²) in [5.41, 5.74) is -1.17. The molecule has 2 spiro atoms. The van der Waals surface area contributed by atoms with E-state index in [2.05, 4.69) is 35.9 Å². The van der Waals surface area contributed by atoms with Crippen LogP contribution in [0.2, 0.25) is 0 Å². The van der Waals surface area contributed by atoms with Crippen LogP contribution in [-0.2, 0) is 19.0 Å². The van der Waals surface area contributed by atoms with Gasteiger partial charge in [0, 0.05) is 44.7 Å². The summed E-state index contributed by atoms with van der Waals surface area (Å²) in [6.45, 7) is 12.1. The van der Waals surface area contributed by atoms with E-state index in [9.17, 15) is 14.8 Å². The minimum atomic E-state index is -0.924. The Hall–Kier alpha value is -3.03. The number of rotatable bonds is 11. The van der Waals surface area contributed by atoms with Crippen molar-refractivity contribution in [1.29, 1.82) is 0 Å². The lowest BCUT2D eigenvalue weighted by Gasteiger charge is -2.52. The number of Topliss-reactive ketones (excluding diaryl/α,β-unsaturated/α-hetero) is 1. The van der Waals surface area contributed by atoms with Crippen molar-refractivity contribution in [2.24, 2.45) is 16.5 Å². The van der Waals surface area contributed by atoms with Gasteiger partial charge in [-0.1, -0.05) is 37.8 Å². The van der Waals surface area contributed by atoms with Crippen LogP contribution in [0.4, 0.5) is 10.6 Å². The second-order valence-corrected chi connectivity index (χ2v) is 16.0. The molecule has 5 fully saturated rings. The monoisotopic (exact) mass is 712 g/mol. The first kappa shape index (κ1) is 37.7. The summed E-state index contributed by atoms with van der Waals surface area (Å²) in [6.07, 6.45) is 11.0. The van der Waals surface area contributed by atoms with Crippen LogP contribution in [0.15, 0.2) is 11.2 Å². The first-order valence-electron chi connectivity index (χ1n) is 19.5. The number of nitrogens with zero attached hydrogens (tertiary/aromatic N) is 6. The first-order valence-corrected chi connectivity index (χ1v) is 19.5. The number of carbonyl (C=O) groups excluding carboxylic acids is 2. The van der Waals surface area contributed by atoms with Crippen molar-refractivity contribution in [1.82, 2.24) is 19.8 Å². The SMILES string of the molecule is CCCCCC(C)(C)OC(=O)N1CCN(c2cc(O[C@@H](C)[C@@H]3CCCN3C)nc(/C(=N/O)C3CCC[C@@]4(CCCCC45OCCO5)C3=O)n2)CC1. The largest absolute Gasteiger partial charge is 0.473 e. The van der Waals surface area contributed by atoms with Crippen molar-refractivity contribution in [3.8, 4) is 5.88 Å². The van der Waals surface area contributed by atoms with Crippen LogP contribution in [0, 0.1) is 11.3 Å². The molecular weight excluding hydrogens is 652 g/mol. The lowest BCUT2D eigenvalue weighted by molar-refractivity contribution is -0.255. The van der Waals surface area contributed by atoms with Crippen molar-refractivity contribution >= 4 is 23.4 Å². The number of ether oxygens (including phenoxy) is 4. The number of aromatic nitrogens is 2. The highest BCUT2D eigenvalue weighted by molar-refractivity contribution is 6.14. The van der Waals surface area contributed by atoms with Crippen molar-refractivity contribution in [2.75, 3.05) is 57.9 Å². The Morgan fingerprint density at radius 1 is 1.04 bits per heavy atom. The van der Waals surface area contributed by atoms with E-state index in [4.69, 9.17) is 28.9 Å². The number of carbonyl (C=O) groups is 2. The molecule has 6 rings (SSSR count). The molecule has 3 saturated heterocycles. The van der Waals surface area contributed by atoms with E-state index < -0.39 is 22.7 Å². The van der Waals surface area contributed by atoms with Crippen LogP contribution < -0.4 is 9.64 Å². The highest BCUT2D eigenvalue weighted by atomic mass is 16.7. The maximum absolute atomic E-state index is 14.7. The van der Waals surface area contributed by atoms with Gasteiger partial charge < -0.3 is 34.0 Å². The molecule has 13 heteroatoms. The van der Waals surface area contributed by atoms with Gasteiger partial charge in [-0.05, 0) is 85.7 Å². The van der Waals surface area contributed by atoms with Crippen LogP contribution >= 0.6 is 0 Å². The molecule has 0 aromatic carbocycles. The normalized spacial score (nSPS) is 28.1. The van der Waals surface area contributed by atoms with E-state index in [0.29, 0.717) is 76.8 Å². The van der Waals surface area contributed by atoms with Crippen LogP contribution in [-0.4, -0.2) is 119 Å². The fourth-order valence-corrected chi connectivity index (χ4v) is 9.26. The van der Waals surface area contributed by atoms with Gasteiger partial charge in [-0.3, -0.25) is 9.69 Å². The second-order valence-electron chi connectivity index (χ2n) is 16.0. The zero-order valence-electron chi connectivity index (χ0n) is 31.5. The summed E-state index contributed by atoms with van der Waals surface area (Å²) >= 11 is 0. The molecule has 0 bridgehead atoms. The molecule has 2 saturated carbocycles. The highest BCUT2D eigenvalue weighted by Crippen LogP contribution is 2.56. The number of piperazine rings is 1. The predicted octanol–water partition coefficient (Wildman–Crippen LogP) is 5.81. The number of hydrogen-bond acceptors (Lipinski definition) is 12. The van der Waals surface area contributed by atoms with E-state index >= 15 is 0 Å². The van der Waals surface area contributed by atoms with Crippen LogP contribution in [0.1, 0.15) is 117 Å². The molecule has 1 N–H and O–H groups in total. The molecule has 1 unspecified atom stereocenters. The van der Waals surface area contributed by atoms with Crippen molar-refractivity contribution < 1.29 is 33.7 Å². The van der Waals surface area contributed by atoms with Crippen molar-refractivity contribution in [2.45, 2.75) is 135 Å². The molecule has 4 atom stereocenters. The summed E-state index contributed by atoms with van der Waals surface area (Å²) in [5.74, 6) is -0.487. The van der Waals surface area contributed by atoms with Gasteiger partial charge in [0.2, 0.25) is 5.88 Å². The van der Waals surface area contributed by atoms with Crippen LogP contribution in [0.3, 0.4) is 0 Å². The smallest absolute Gasteiger partial charge is 0.410 e. The topological polar surface area (TPSA) is 139 Å². The van der Waals surface area contributed by atoms with E-state index in [1.165, 1.54) is 0 Å². The maximum Gasteiger partial charge on any atom is 0.410 e. The standard InChI is InChI=1S/C38H60N6O7/c1-6-7-8-15-36(3,4)51-35(46)44-22-20-43(21-23-44)30-26-31(50-27(2)29-14-12-19-42(29)5)40-34(39-30)32(41-47)28-13-11-17-37(33(28)45)16-9-10-18-38(37)48-24-25-49-38/h26-29,47H,6-25H2,1-5H3/b41-32+/t27-,28?,29-,37-/m0/s1. The minimum absolute atomic E-state index is 0.00897. The summed E-state index contributed by atoms with van der Waals surface area (Å²) < 4.78 is 25.0. The quantitative estimate of drug-likeness (QED) is 0.129. The van der Waals surface area contributed by atoms with Gasteiger partial charge in [-0.15, -0.1) is 0 Å². The highest BCUT2D eigenvalue weighted by Gasteiger charge is 2.63. The Morgan fingerprint density at radius 3 is 2.45 bits per heavy atom. The molecule has 284 valence electrons. The molecule has 2 aliphatic carbocycles. The summed E-state index contributed by atoms with van der Waals surface area (Å²) in [7, 11) is 2.11. The lowest BCUT2D eigenvalue weighted by Crippen LogP contribution is -2.60. The van der Waals surface area contributed by atoms with Crippen LogP contribution in [0.5, 0.6) is 5.88 Å². The lowest BCUT2D eigenvalue weighted by atomic mass is 9.57. The average Bonchev–Trinajstić information content (AvgIpc) is 3.78. The molecule has 5 aliphatic rings. The molecule has 51 heavy (non-hydrogen) atoms. The van der Waals surface area contributed by atoms with E-state index in [0.717, 1.165) is 64.3 Å².